The maximum atomic E-state index is 4.53. The highest BCUT2D eigenvalue weighted by Gasteiger charge is 2.09. The lowest BCUT2D eigenvalue weighted by atomic mass is 10.1. The van der Waals surface area contributed by atoms with E-state index in [1.54, 1.807) is 0 Å². The van der Waals surface area contributed by atoms with Crippen molar-refractivity contribution in [1.29, 1.82) is 0 Å². The molecule has 96 valence electrons. The van der Waals surface area contributed by atoms with Crippen molar-refractivity contribution in [1.82, 2.24) is 9.97 Å². The summed E-state index contributed by atoms with van der Waals surface area (Å²) in [6.45, 7) is 8.71. The van der Waals surface area contributed by atoms with E-state index in [0.717, 1.165) is 30.3 Å². The summed E-state index contributed by atoms with van der Waals surface area (Å²) in [6.07, 6.45) is 1.98. The molecule has 0 saturated carbocycles. The number of hydrogen-bond donors (Lipinski definition) is 2. The molecule has 0 aliphatic rings. The minimum atomic E-state index is 0.407. The highest BCUT2D eigenvalue weighted by atomic mass is 15.1. The molecule has 0 aliphatic carbocycles. The average Bonchev–Trinajstić information content (AvgIpc) is 2.28. The highest BCUT2D eigenvalue weighted by Crippen LogP contribution is 2.15. The maximum absolute atomic E-state index is 4.53. The summed E-state index contributed by atoms with van der Waals surface area (Å²) in [5.74, 6) is 3.27. The first-order chi connectivity index (χ1) is 8.06. The Morgan fingerprint density at radius 1 is 1.18 bits per heavy atom. The van der Waals surface area contributed by atoms with Gasteiger partial charge in [0.1, 0.15) is 17.5 Å². The van der Waals surface area contributed by atoms with Crippen LogP contribution in [0, 0.1) is 5.92 Å². The molecule has 1 aromatic heterocycles. The Morgan fingerprint density at radius 3 is 2.35 bits per heavy atom. The van der Waals surface area contributed by atoms with Crippen molar-refractivity contribution >= 4 is 11.6 Å². The van der Waals surface area contributed by atoms with Crippen LogP contribution in [0.1, 0.15) is 39.9 Å². The second-order valence-corrected chi connectivity index (χ2v) is 4.73. The van der Waals surface area contributed by atoms with Gasteiger partial charge in [-0.05, 0) is 19.3 Å². The third-order valence-electron chi connectivity index (χ3n) is 2.88. The van der Waals surface area contributed by atoms with E-state index >= 15 is 0 Å². The van der Waals surface area contributed by atoms with Crippen LogP contribution in [0.15, 0.2) is 6.07 Å². The van der Waals surface area contributed by atoms with Crippen molar-refractivity contribution in [2.75, 3.05) is 17.7 Å². The Morgan fingerprint density at radius 2 is 1.82 bits per heavy atom. The first-order valence-corrected chi connectivity index (χ1v) is 6.39. The molecule has 2 N–H and O–H groups in total. The van der Waals surface area contributed by atoms with Crippen LogP contribution in [-0.4, -0.2) is 23.1 Å². The van der Waals surface area contributed by atoms with E-state index in [-0.39, 0.29) is 0 Å². The van der Waals surface area contributed by atoms with E-state index in [1.807, 2.05) is 13.1 Å². The van der Waals surface area contributed by atoms with E-state index in [4.69, 9.17) is 0 Å². The Hall–Kier alpha value is -1.32. The van der Waals surface area contributed by atoms with E-state index in [9.17, 15) is 0 Å². The van der Waals surface area contributed by atoms with Gasteiger partial charge in [-0.25, -0.2) is 9.97 Å². The molecule has 17 heavy (non-hydrogen) atoms. The lowest BCUT2D eigenvalue weighted by molar-refractivity contribution is 0.558. The summed E-state index contributed by atoms with van der Waals surface area (Å²) in [7, 11) is 1.88. The van der Waals surface area contributed by atoms with Crippen molar-refractivity contribution in [3.8, 4) is 0 Å². The van der Waals surface area contributed by atoms with Gasteiger partial charge in [-0.1, -0.05) is 20.8 Å². The van der Waals surface area contributed by atoms with Gasteiger partial charge in [0.15, 0.2) is 0 Å². The largest absolute Gasteiger partial charge is 0.373 e. The monoisotopic (exact) mass is 236 g/mol. The minimum absolute atomic E-state index is 0.407. The molecule has 1 rings (SSSR count). The predicted molar refractivity (Wildman–Crippen MR) is 73.5 cm³/mol. The van der Waals surface area contributed by atoms with Crippen LogP contribution in [-0.2, 0) is 6.42 Å². The molecule has 1 unspecified atom stereocenters. The van der Waals surface area contributed by atoms with Crippen LogP contribution in [0.3, 0.4) is 0 Å². The molecule has 0 saturated heterocycles. The van der Waals surface area contributed by atoms with Gasteiger partial charge in [-0.2, -0.15) is 0 Å². The molecule has 1 atom stereocenters. The molecule has 0 spiro atoms. The van der Waals surface area contributed by atoms with Gasteiger partial charge in [0.2, 0.25) is 0 Å². The Kier molecular flexibility index (Phi) is 5.19. The number of anilines is 2. The maximum Gasteiger partial charge on any atom is 0.133 e. The number of rotatable bonds is 6. The quantitative estimate of drug-likeness (QED) is 0.797. The van der Waals surface area contributed by atoms with Crippen LogP contribution < -0.4 is 10.6 Å². The molecule has 0 aliphatic heterocycles. The molecule has 0 aromatic carbocycles. The van der Waals surface area contributed by atoms with E-state index in [0.29, 0.717) is 12.0 Å². The van der Waals surface area contributed by atoms with Gasteiger partial charge in [-0.3, -0.25) is 0 Å². The molecule has 0 amide bonds. The van der Waals surface area contributed by atoms with Crippen molar-refractivity contribution in [2.24, 2.45) is 5.92 Å². The van der Waals surface area contributed by atoms with Crippen LogP contribution in [0.5, 0.6) is 0 Å². The standard InChI is InChI=1S/C13H24N4/c1-6-7-11-16-12(14-5)8-13(17-11)15-10(4)9(2)3/h8-10H,6-7H2,1-5H3,(H2,14,15,16,17). The predicted octanol–water partition coefficient (Wildman–Crippen LogP) is 2.93. The Labute approximate surface area is 104 Å². The van der Waals surface area contributed by atoms with Crippen molar-refractivity contribution in [2.45, 2.75) is 46.6 Å². The number of nitrogens with zero attached hydrogens (tertiary/aromatic N) is 2. The Balaban J connectivity index is 2.86. The minimum Gasteiger partial charge on any atom is -0.373 e. The highest BCUT2D eigenvalue weighted by molar-refractivity contribution is 5.47. The van der Waals surface area contributed by atoms with Crippen molar-refractivity contribution in [3.63, 3.8) is 0 Å². The molecule has 4 nitrogen and oxygen atoms in total. The summed E-state index contributed by atoms with van der Waals surface area (Å²) in [4.78, 5) is 8.96. The van der Waals surface area contributed by atoms with E-state index < -0.39 is 0 Å². The second-order valence-electron chi connectivity index (χ2n) is 4.73. The molecule has 0 radical (unpaired) electrons. The fourth-order valence-corrected chi connectivity index (χ4v) is 1.43. The fourth-order valence-electron chi connectivity index (χ4n) is 1.43. The van der Waals surface area contributed by atoms with E-state index in [1.165, 1.54) is 0 Å². The zero-order chi connectivity index (χ0) is 12.8. The second kappa shape index (κ2) is 6.42. The first kappa shape index (κ1) is 13.7. The van der Waals surface area contributed by atoms with Crippen LogP contribution in [0.4, 0.5) is 11.6 Å². The third-order valence-corrected chi connectivity index (χ3v) is 2.88. The smallest absolute Gasteiger partial charge is 0.133 e. The molecule has 0 bridgehead atoms. The number of aromatic nitrogens is 2. The first-order valence-electron chi connectivity index (χ1n) is 6.39. The van der Waals surface area contributed by atoms with Crippen LogP contribution in [0.2, 0.25) is 0 Å². The molecule has 4 heteroatoms. The zero-order valence-electron chi connectivity index (χ0n) is 11.5. The van der Waals surface area contributed by atoms with Crippen molar-refractivity contribution in [3.05, 3.63) is 11.9 Å². The summed E-state index contributed by atoms with van der Waals surface area (Å²) in [5.41, 5.74) is 0. The van der Waals surface area contributed by atoms with Gasteiger partial charge in [0.05, 0.1) is 0 Å². The van der Waals surface area contributed by atoms with E-state index in [2.05, 4.69) is 48.3 Å². The summed E-state index contributed by atoms with van der Waals surface area (Å²) in [5, 5.41) is 6.50. The van der Waals surface area contributed by atoms with Crippen LogP contribution >= 0.6 is 0 Å². The molecule has 1 aromatic rings. The van der Waals surface area contributed by atoms with Gasteiger partial charge in [0, 0.05) is 25.6 Å². The Bertz CT molecular complexity index is 349. The van der Waals surface area contributed by atoms with Crippen molar-refractivity contribution < 1.29 is 0 Å². The SMILES string of the molecule is CCCc1nc(NC)cc(NC(C)C(C)C)n1. The number of hydrogen-bond acceptors (Lipinski definition) is 4. The molecular weight excluding hydrogens is 212 g/mol. The summed E-state index contributed by atoms with van der Waals surface area (Å²) in [6, 6.07) is 2.36. The van der Waals surface area contributed by atoms with Gasteiger partial charge >= 0.3 is 0 Å². The fraction of sp³-hybridized carbons (Fsp3) is 0.692. The topological polar surface area (TPSA) is 49.8 Å². The lowest BCUT2D eigenvalue weighted by Gasteiger charge is -2.18. The number of aryl methyl sites for hydroxylation is 1. The van der Waals surface area contributed by atoms with Gasteiger partial charge in [0.25, 0.3) is 0 Å². The van der Waals surface area contributed by atoms with Gasteiger partial charge in [-0.15, -0.1) is 0 Å². The average molecular weight is 236 g/mol. The lowest BCUT2D eigenvalue weighted by Crippen LogP contribution is -2.22. The molecule has 1 heterocycles. The molecular formula is C13H24N4. The molecule has 0 fully saturated rings. The summed E-state index contributed by atoms with van der Waals surface area (Å²) < 4.78 is 0. The summed E-state index contributed by atoms with van der Waals surface area (Å²) >= 11 is 0. The zero-order valence-corrected chi connectivity index (χ0v) is 11.5. The third kappa shape index (κ3) is 4.21. The van der Waals surface area contributed by atoms with Gasteiger partial charge < -0.3 is 10.6 Å². The normalized spacial score (nSPS) is 12.6. The van der Waals surface area contributed by atoms with Crippen LogP contribution in [0.25, 0.3) is 0 Å². The number of nitrogens with one attached hydrogen (secondary N) is 2.